The molecule has 2 aliphatic rings. The Kier molecular flexibility index (Phi) is 6.03. The molecule has 0 heterocycles. The Hall–Kier alpha value is -1.53. The molecule has 27 heavy (non-hydrogen) atoms. The third kappa shape index (κ3) is 4.49. The van der Waals surface area contributed by atoms with E-state index in [0.29, 0.717) is 0 Å². The van der Waals surface area contributed by atoms with E-state index in [1.807, 2.05) is 12.1 Å². The summed E-state index contributed by atoms with van der Waals surface area (Å²) in [6, 6.07) is 17.4. The fourth-order valence-electron chi connectivity index (χ4n) is 5.37. The molecule has 0 N–H and O–H groups in total. The summed E-state index contributed by atoms with van der Waals surface area (Å²) in [4.78, 5) is 0. The second-order valence-electron chi connectivity index (χ2n) is 8.65. The van der Waals surface area contributed by atoms with E-state index in [4.69, 9.17) is 11.6 Å². The van der Waals surface area contributed by atoms with Gasteiger partial charge < -0.3 is 0 Å². The van der Waals surface area contributed by atoms with Gasteiger partial charge in [-0.3, -0.25) is 0 Å². The Morgan fingerprint density at radius 1 is 0.667 bits per heavy atom. The van der Waals surface area contributed by atoms with Crippen LogP contribution in [0.5, 0.6) is 0 Å². The molecule has 0 unspecified atom stereocenters. The zero-order valence-corrected chi connectivity index (χ0v) is 17.0. The van der Waals surface area contributed by atoms with Crippen LogP contribution < -0.4 is 0 Å². The molecule has 0 aromatic heterocycles. The molecule has 0 amide bonds. The van der Waals surface area contributed by atoms with Crippen LogP contribution >= 0.6 is 11.6 Å². The minimum Gasteiger partial charge on any atom is -0.103 e. The molecule has 0 radical (unpaired) electrons. The second-order valence-corrected chi connectivity index (χ2v) is 9.09. The van der Waals surface area contributed by atoms with Gasteiger partial charge in [-0.15, -0.1) is 6.58 Å². The fourth-order valence-corrected chi connectivity index (χ4v) is 5.49. The summed E-state index contributed by atoms with van der Waals surface area (Å²) in [6.45, 7) is 3.99. The number of benzene rings is 2. The summed E-state index contributed by atoms with van der Waals surface area (Å²) >= 11 is 6.00. The highest BCUT2D eigenvalue weighted by molar-refractivity contribution is 6.30. The maximum atomic E-state index is 6.00. The summed E-state index contributed by atoms with van der Waals surface area (Å²) in [5, 5.41) is 0.796. The lowest BCUT2D eigenvalue weighted by Crippen LogP contribution is -2.25. The summed E-state index contributed by atoms with van der Waals surface area (Å²) in [5.41, 5.74) is 4.05. The Morgan fingerprint density at radius 3 is 1.67 bits per heavy atom. The summed E-state index contributed by atoms with van der Waals surface area (Å²) in [7, 11) is 0. The molecular formula is C26H31Cl. The molecule has 2 fully saturated rings. The Balaban J connectivity index is 1.33. The first-order valence-electron chi connectivity index (χ1n) is 10.7. The normalized spacial score (nSPS) is 28.6. The third-order valence-corrected chi connectivity index (χ3v) is 7.40. The average molecular weight is 379 g/mol. The van der Waals surface area contributed by atoms with Gasteiger partial charge in [0.25, 0.3) is 0 Å². The maximum Gasteiger partial charge on any atom is 0.0406 e. The highest BCUT2D eigenvalue weighted by atomic mass is 35.5. The molecule has 0 bridgehead atoms. The van der Waals surface area contributed by atoms with E-state index in [1.54, 1.807) is 0 Å². The lowest BCUT2D eigenvalue weighted by Gasteiger charge is -2.37. The van der Waals surface area contributed by atoms with Crippen molar-refractivity contribution in [2.24, 2.45) is 17.8 Å². The highest BCUT2D eigenvalue weighted by Crippen LogP contribution is 2.44. The molecule has 4 rings (SSSR count). The molecule has 0 spiro atoms. The lowest BCUT2D eigenvalue weighted by molar-refractivity contribution is 0.171. The molecule has 142 valence electrons. The average Bonchev–Trinajstić information content (AvgIpc) is 2.75. The van der Waals surface area contributed by atoms with Gasteiger partial charge in [-0.05, 0) is 104 Å². The van der Waals surface area contributed by atoms with E-state index in [-0.39, 0.29) is 0 Å². The molecule has 2 saturated carbocycles. The van der Waals surface area contributed by atoms with Gasteiger partial charge >= 0.3 is 0 Å². The van der Waals surface area contributed by atoms with Crippen molar-refractivity contribution >= 4 is 11.6 Å². The topological polar surface area (TPSA) is 0 Å². The molecule has 2 aliphatic carbocycles. The molecular weight excluding hydrogens is 348 g/mol. The van der Waals surface area contributed by atoms with Crippen molar-refractivity contribution in [3.05, 3.63) is 71.8 Å². The van der Waals surface area contributed by atoms with Gasteiger partial charge in [-0.25, -0.2) is 0 Å². The summed E-state index contributed by atoms with van der Waals surface area (Å²) < 4.78 is 0. The molecule has 0 nitrogen and oxygen atoms in total. The van der Waals surface area contributed by atoms with E-state index in [0.717, 1.165) is 28.7 Å². The smallest absolute Gasteiger partial charge is 0.0406 e. The number of halogens is 1. The van der Waals surface area contributed by atoms with E-state index in [9.17, 15) is 0 Å². The Labute approximate surface area is 169 Å². The zero-order valence-electron chi connectivity index (χ0n) is 16.2. The van der Waals surface area contributed by atoms with Crippen LogP contribution in [0.2, 0.25) is 5.02 Å². The first kappa shape index (κ1) is 18.8. The third-order valence-electron chi connectivity index (χ3n) is 7.15. The molecule has 1 heteroatoms. The first-order valence-corrected chi connectivity index (χ1v) is 11.1. The van der Waals surface area contributed by atoms with Crippen LogP contribution in [0.1, 0.15) is 62.8 Å². The number of hydrogen-bond acceptors (Lipinski definition) is 0. The predicted octanol–water partition coefficient (Wildman–Crippen LogP) is 8.27. The van der Waals surface area contributed by atoms with Gasteiger partial charge in [-0.1, -0.05) is 54.1 Å². The molecule has 0 aliphatic heterocycles. The lowest BCUT2D eigenvalue weighted by atomic mass is 9.68. The predicted molar refractivity (Wildman–Crippen MR) is 117 cm³/mol. The standard InChI is InChI=1S/C26H31Cl/c1-2-19-3-5-20(6-4-19)21-7-9-22(10-8-21)23-11-13-24(14-12-23)25-15-17-26(27)18-16-25/h2,11-22H,1,3-10H2. The van der Waals surface area contributed by atoms with E-state index < -0.39 is 0 Å². The van der Waals surface area contributed by atoms with Crippen molar-refractivity contribution in [2.75, 3.05) is 0 Å². The Bertz CT molecular complexity index is 727. The largest absolute Gasteiger partial charge is 0.103 e. The minimum absolute atomic E-state index is 0.755. The van der Waals surface area contributed by atoms with Crippen LogP contribution in [-0.2, 0) is 0 Å². The fraction of sp³-hybridized carbons (Fsp3) is 0.462. The van der Waals surface area contributed by atoms with Crippen LogP contribution in [-0.4, -0.2) is 0 Å². The number of hydrogen-bond donors (Lipinski definition) is 0. The van der Waals surface area contributed by atoms with E-state index >= 15 is 0 Å². The van der Waals surface area contributed by atoms with Gasteiger partial charge in [0.05, 0.1) is 0 Å². The van der Waals surface area contributed by atoms with Crippen molar-refractivity contribution in [1.82, 2.24) is 0 Å². The zero-order chi connectivity index (χ0) is 18.6. The van der Waals surface area contributed by atoms with Gasteiger partial charge in [0, 0.05) is 5.02 Å². The van der Waals surface area contributed by atoms with Gasteiger partial charge in [-0.2, -0.15) is 0 Å². The van der Waals surface area contributed by atoms with Crippen molar-refractivity contribution in [3.63, 3.8) is 0 Å². The summed E-state index contributed by atoms with van der Waals surface area (Å²) in [5.74, 6) is 3.50. The van der Waals surface area contributed by atoms with Crippen LogP contribution in [0.3, 0.4) is 0 Å². The van der Waals surface area contributed by atoms with Crippen LogP contribution in [0.25, 0.3) is 11.1 Å². The van der Waals surface area contributed by atoms with Gasteiger partial charge in [0.15, 0.2) is 0 Å². The van der Waals surface area contributed by atoms with Crippen LogP contribution in [0, 0.1) is 17.8 Å². The molecule has 2 aromatic rings. The number of allylic oxidation sites excluding steroid dienone is 1. The minimum atomic E-state index is 0.755. The van der Waals surface area contributed by atoms with Gasteiger partial charge in [0.1, 0.15) is 0 Å². The van der Waals surface area contributed by atoms with Crippen LogP contribution in [0.15, 0.2) is 61.2 Å². The van der Waals surface area contributed by atoms with Crippen molar-refractivity contribution in [1.29, 1.82) is 0 Å². The van der Waals surface area contributed by atoms with E-state index in [1.165, 1.54) is 68.1 Å². The van der Waals surface area contributed by atoms with Crippen molar-refractivity contribution in [2.45, 2.75) is 57.3 Å². The first-order chi connectivity index (χ1) is 13.2. The Morgan fingerprint density at radius 2 is 1.15 bits per heavy atom. The highest BCUT2D eigenvalue weighted by Gasteiger charge is 2.30. The number of rotatable bonds is 4. The molecule has 2 aromatic carbocycles. The quantitative estimate of drug-likeness (QED) is 0.469. The van der Waals surface area contributed by atoms with Crippen molar-refractivity contribution in [3.8, 4) is 11.1 Å². The van der Waals surface area contributed by atoms with Crippen molar-refractivity contribution < 1.29 is 0 Å². The molecule has 0 saturated heterocycles. The molecule has 0 atom stereocenters. The van der Waals surface area contributed by atoms with Crippen LogP contribution in [0.4, 0.5) is 0 Å². The van der Waals surface area contributed by atoms with E-state index in [2.05, 4.69) is 49.1 Å². The SMILES string of the molecule is C=CC1CCC(C2CCC(c3ccc(-c4ccc(Cl)cc4)cc3)CC2)CC1. The van der Waals surface area contributed by atoms with Gasteiger partial charge in [0.2, 0.25) is 0 Å². The summed E-state index contributed by atoms with van der Waals surface area (Å²) in [6.07, 6.45) is 13.4. The maximum absolute atomic E-state index is 6.00. The second kappa shape index (κ2) is 8.65. The monoisotopic (exact) mass is 378 g/mol.